The van der Waals surface area contributed by atoms with Crippen LogP contribution in [-0.2, 0) is 0 Å². The summed E-state index contributed by atoms with van der Waals surface area (Å²) in [6, 6.07) is 0.249. The predicted molar refractivity (Wildman–Crippen MR) is 36.1 cm³/mol. The highest BCUT2D eigenvalue weighted by atomic mass is 16.3. The highest BCUT2D eigenvalue weighted by Crippen LogP contribution is 2.02. The van der Waals surface area contributed by atoms with Crippen molar-refractivity contribution in [3.05, 3.63) is 0 Å². The monoisotopic (exact) mass is 130 g/mol. The van der Waals surface area contributed by atoms with Gasteiger partial charge in [-0.1, -0.05) is 0 Å². The van der Waals surface area contributed by atoms with Crippen LogP contribution in [0.2, 0.25) is 0 Å². The lowest BCUT2D eigenvalue weighted by molar-refractivity contribution is 0.0187. The summed E-state index contributed by atoms with van der Waals surface area (Å²) in [7, 11) is 2.02. The first-order chi connectivity index (χ1) is 4.22. The van der Waals surface area contributed by atoms with Gasteiger partial charge in [0.1, 0.15) is 6.23 Å². The second-order valence-electron chi connectivity index (χ2n) is 2.62. The maximum Gasteiger partial charge on any atom is 0.120 e. The zero-order valence-electron chi connectivity index (χ0n) is 5.96. The normalized spacial score (nSPS) is 39.0. The van der Waals surface area contributed by atoms with Crippen LogP contribution in [0.15, 0.2) is 0 Å². The quantitative estimate of drug-likeness (QED) is 0.452. The van der Waals surface area contributed by atoms with Crippen molar-refractivity contribution >= 4 is 0 Å². The Hall–Kier alpha value is -0.120. The van der Waals surface area contributed by atoms with Gasteiger partial charge < -0.3 is 5.11 Å². The number of nitrogens with one attached hydrogen (secondary N) is 1. The fraction of sp³-hybridized carbons (Fsp3) is 1.00. The standard InChI is InChI=1S/C6H14N2O/c1-5-6(9)7-3-4-8(5)2/h5-7,9H,3-4H2,1-2H3. The van der Waals surface area contributed by atoms with Gasteiger partial charge in [0.05, 0.1) is 0 Å². The topological polar surface area (TPSA) is 35.5 Å². The summed E-state index contributed by atoms with van der Waals surface area (Å²) in [5.41, 5.74) is 0. The molecule has 0 bridgehead atoms. The van der Waals surface area contributed by atoms with E-state index in [-0.39, 0.29) is 12.3 Å². The SMILES string of the molecule is CC1C(O)NCCN1C. The molecule has 0 aromatic rings. The number of aliphatic hydroxyl groups excluding tert-OH is 1. The van der Waals surface area contributed by atoms with E-state index >= 15 is 0 Å². The average Bonchev–Trinajstić information content (AvgIpc) is 1.83. The molecule has 1 aliphatic heterocycles. The first kappa shape index (κ1) is 6.99. The third-order valence-corrected chi connectivity index (χ3v) is 1.97. The minimum atomic E-state index is -0.344. The van der Waals surface area contributed by atoms with Crippen LogP contribution < -0.4 is 5.32 Å². The molecule has 1 aliphatic rings. The molecule has 3 nitrogen and oxygen atoms in total. The Kier molecular flexibility index (Phi) is 2.05. The molecule has 1 heterocycles. The maximum absolute atomic E-state index is 9.20. The van der Waals surface area contributed by atoms with Gasteiger partial charge in [-0.15, -0.1) is 0 Å². The zero-order valence-corrected chi connectivity index (χ0v) is 5.96. The van der Waals surface area contributed by atoms with E-state index in [2.05, 4.69) is 10.2 Å². The Labute approximate surface area is 55.7 Å². The molecule has 9 heavy (non-hydrogen) atoms. The van der Waals surface area contributed by atoms with Crippen molar-refractivity contribution in [3.63, 3.8) is 0 Å². The highest BCUT2D eigenvalue weighted by Gasteiger charge is 2.21. The molecule has 0 radical (unpaired) electrons. The Morgan fingerprint density at radius 1 is 1.67 bits per heavy atom. The molecule has 0 spiro atoms. The van der Waals surface area contributed by atoms with Gasteiger partial charge in [0, 0.05) is 19.1 Å². The van der Waals surface area contributed by atoms with E-state index in [4.69, 9.17) is 0 Å². The summed E-state index contributed by atoms with van der Waals surface area (Å²) in [6.07, 6.45) is -0.344. The molecule has 0 aliphatic carbocycles. The zero-order chi connectivity index (χ0) is 6.85. The van der Waals surface area contributed by atoms with Gasteiger partial charge >= 0.3 is 0 Å². The lowest BCUT2D eigenvalue weighted by Gasteiger charge is -2.34. The van der Waals surface area contributed by atoms with E-state index in [1.807, 2.05) is 14.0 Å². The summed E-state index contributed by atoms with van der Waals surface area (Å²) in [5.74, 6) is 0. The van der Waals surface area contributed by atoms with Crippen LogP contribution >= 0.6 is 0 Å². The first-order valence-corrected chi connectivity index (χ1v) is 3.33. The summed E-state index contributed by atoms with van der Waals surface area (Å²) < 4.78 is 0. The number of hydrogen-bond acceptors (Lipinski definition) is 3. The summed E-state index contributed by atoms with van der Waals surface area (Å²) >= 11 is 0. The number of hydrogen-bond donors (Lipinski definition) is 2. The third kappa shape index (κ3) is 1.41. The van der Waals surface area contributed by atoms with Crippen molar-refractivity contribution in [2.45, 2.75) is 19.2 Å². The first-order valence-electron chi connectivity index (χ1n) is 3.33. The van der Waals surface area contributed by atoms with E-state index in [1.165, 1.54) is 0 Å². The molecular formula is C6H14N2O. The summed E-state index contributed by atoms with van der Waals surface area (Å²) in [5, 5.41) is 12.2. The van der Waals surface area contributed by atoms with E-state index in [0.717, 1.165) is 13.1 Å². The molecule has 0 aromatic heterocycles. The molecule has 0 saturated carbocycles. The van der Waals surface area contributed by atoms with Crippen LogP contribution in [0.1, 0.15) is 6.92 Å². The minimum Gasteiger partial charge on any atom is -0.377 e. The molecule has 0 amide bonds. The van der Waals surface area contributed by atoms with E-state index in [9.17, 15) is 5.11 Å². The molecule has 0 aromatic carbocycles. The van der Waals surface area contributed by atoms with Crippen LogP contribution in [0.3, 0.4) is 0 Å². The van der Waals surface area contributed by atoms with Gasteiger partial charge in [-0.3, -0.25) is 10.2 Å². The van der Waals surface area contributed by atoms with Crippen molar-refractivity contribution in [2.24, 2.45) is 0 Å². The van der Waals surface area contributed by atoms with Crippen LogP contribution in [-0.4, -0.2) is 42.4 Å². The van der Waals surface area contributed by atoms with Crippen LogP contribution in [0.25, 0.3) is 0 Å². The fourth-order valence-corrected chi connectivity index (χ4v) is 1.00. The largest absolute Gasteiger partial charge is 0.377 e. The van der Waals surface area contributed by atoms with Crippen molar-refractivity contribution in [3.8, 4) is 0 Å². The highest BCUT2D eigenvalue weighted by molar-refractivity contribution is 4.76. The van der Waals surface area contributed by atoms with Crippen molar-refractivity contribution in [1.29, 1.82) is 0 Å². The van der Waals surface area contributed by atoms with Crippen LogP contribution in [0.5, 0.6) is 0 Å². The molecular weight excluding hydrogens is 116 g/mol. The number of aliphatic hydroxyl groups is 1. The number of likely N-dealkylation sites (N-methyl/N-ethyl adjacent to an activating group) is 1. The van der Waals surface area contributed by atoms with Crippen molar-refractivity contribution < 1.29 is 5.11 Å². The van der Waals surface area contributed by atoms with Gasteiger partial charge in [-0.2, -0.15) is 0 Å². The van der Waals surface area contributed by atoms with E-state index < -0.39 is 0 Å². The van der Waals surface area contributed by atoms with Crippen LogP contribution in [0.4, 0.5) is 0 Å². The summed E-state index contributed by atoms with van der Waals surface area (Å²) in [6.45, 7) is 3.93. The van der Waals surface area contributed by atoms with Gasteiger partial charge in [-0.25, -0.2) is 0 Å². The predicted octanol–water partition coefficient (Wildman–Crippen LogP) is -0.772. The van der Waals surface area contributed by atoms with Gasteiger partial charge in [-0.05, 0) is 14.0 Å². The second-order valence-corrected chi connectivity index (χ2v) is 2.62. The molecule has 1 rings (SSSR count). The van der Waals surface area contributed by atoms with Gasteiger partial charge in [0.25, 0.3) is 0 Å². The Morgan fingerprint density at radius 2 is 2.33 bits per heavy atom. The van der Waals surface area contributed by atoms with Crippen LogP contribution in [0, 0.1) is 0 Å². The lowest BCUT2D eigenvalue weighted by atomic mass is 10.2. The van der Waals surface area contributed by atoms with Gasteiger partial charge in [0.2, 0.25) is 0 Å². The van der Waals surface area contributed by atoms with Crippen molar-refractivity contribution in [2.75, 3.05) is 20.1 Å². The minimum absolute atomic E-state index is 0.249. The van der Waals surface area contributed by atoms with Gasteiger partial charge in [0.15, 0.2) is 0 Å². The maximum atomic E-state index is 9.20. The smallest absolute Gasteiger partial charge is 0.120 e. The third-order valence-electron chi connectivity index (χ3n) is 1.97. The molecule has 1 fully saturated rings. The van der Waals surface area contributed by atoms with E-state index in [0.29, 0.717) is 0 Å². The number of piperazine rings is 1. The Morgan fingerprint density at radius 3 is 2.78 bits per heavy atom. The van der Waals surface area contributed by atoms with Crippen molar-refractivity contribution in [1.82, 2.24) is 10.2 Å². The molecule has 2 N–H and O–H groups in total. The average molecular weight is 130 g/mol. The molecule has 2 unspecified atom stereocenters. The molecule has 1 saturated heterocycles. The Balaban J connectivity index is 2.41. The lowest BCUT2D eigenvalue weighted by Crippen LogP contribution is -2.54. The fourth-order valence-electron chi connectivity index (χ4n) is 1.00. The molecule has 54 valence electrons. The summed E-state index contributed by atoms with van der Waals surface area (Å²) in [4.78, 5) is 2.14. The second kappa shape index (κ2) is 2.64. The van der Waals surface area contributed by atoms with E-state index in [1.54, 1.807) is 0 Å². The molecule has 2 atom stereocenters. The number of nitrogens with zero attached hydrogens (tertiary/aromatic N) is 1. The number of rotatable bonds is 0. The Bertz CT molecular complexity index is 87.1. The molecule has 3 heteroatoms.